The summed E-state index contributed by atoms with van der Waals surface area (Å²) < 4.78 is 5.07. The number of carbonyl (C=O) groups is 1. The van der Waals surface area contributed by atoms with Crippen molar-refractivity contribution in [2.45, 2.75) is 6.92 Å². The number of hydrogen-bond acceptors (Lipinski definition) is 4. The van der Waals surface area contributed by atoms with Gasteiger partial charge in [0.15, 0.2) is 5.11 Å². The van der Waals surface area contributed by atoms with Gasteiger partial charge in [0.25, 0.3) is 0 Å². The number of aromatic nitrogens is 1. The number of hydrogen-bond donors (Lipinski definition) is 2. The molecule has 0 aliphatic carbocycles. The van der Waals surface area contributed by atoms with Crippen LogP contribution >= 0.6 is 12.2 Å². The van der Waals surface area contributed by atoms with Crippen LogP contribution in [0.3, 0.4) is 0 Å². The second-order valence-corrected chi connectivity index (χ2v) is 4.42. The summed E-state index contributed by atoms with van der Waals surface area (Å²) in [6.07, 6.45) is 6.10. The second-order valence-electron chi connectivity index (χ2n) is 4.01. The standard InChI is InChI=1S/C14H13N3O2S/c1-10-6-7-15-12(9-10)16-14(20)17-13(18)5-4-11-3-2-8-19-11/h2-9H,1H3,(H2,15,16,17,18,20)/b5-4+. The first kappa shape index (κ1) is 14.0. The highest BCUT2D eigenvalue weighted by Gasteiger charge is 2.02. The number of amides is 1. The third-order valence-corrected chi connectivity index (χ3v) is 2.54. The first-order chi connectivity index (χ1) is 9.63. The summed E-state index contributed by atoms with van der Waals surface area (Å²) in [5.41, 5.74) is 1.05. The molecule has 2 aromatic rings. The molecule has 6 heteroatoms. The third kappa shape index (κ3) is 4.33. The lowest BCUT2D eigenvalue weighted by molar-refractivity contribution is -0.115. The fourth-order valence-corrected chi connectivity index (χ4v) is 1.65. The molecule has 0 aromatic carbocycles. The number of furan rings is 1. The van der Waals surface area contributed by atoms with Gasteiger partial charge in [0.05, 0.1) is 6.26 Å². The van der Waals surface area contributed by atoms with Gasteiger partial charge in [-0.1, -0.05) is 0 Å². The topological polar surface area (TPSA) is 67.2 Å². The molecule has 0 saturated heterocycles. The highest BCUT2D eigenvalue weighted by Crippen LogP contribution is 2.05. The maximum absolute atomic E-state index is 11.6. The van der Waals surface area contributed by atoms with Crippen LogP contribution in [0.5, 0.6) is 0 Å². The van der Waals surface area contributed by atoms with E-state index < -0.39 is 0 Å². The molecule has 102 valence electrons. The smallest absolute Gasteiger partial charge is 0.250 e. The van der Waals surface area contributed by atoms with E-state index in [1.807, 2.05) is 19.1 Å². The van der Waals surface area contributed by atoms with Gasteiger partial charge in [-0.05, 0) is 55.0 Å². The van der Waals surface area contributed by atoms with E-state index in [1.165, 1.54) is 12.3 Å². The Labute approximate surface area is 121 Å². The van der Waals surface area contributed by atoms with Crippen molar-refractivity contribution in [1.29, 1.82) is 0 Å². The molecule has 0 radical (unpaired) electrons. The second kappa shape index (κ2) is 6.63. The molecule has 20 heavy (non-hydrogen) atoms. The van der Waals surface area contributed by atoms with E-state index in [0.717, 1.165) is 5.56 Å². The molecule has 5 nitrogen and oxygen atoms in total. The number of aryl methyl sites for hydroxylation is 1. The SMILES string of the molecule is Cc1ccnc(NC(=S)NC(=O)/C=C/c2ccco2)c1. The fraction of sp³-hybridized carbons (Fsp3) is 0.0714. The summed E-state index contributed by atoms with van der Waals surface area (Å²) in [4.78, 5) is 15.7. The minimum absolute atomic E-state index is 0.192. The lowest BCUT2D eigenvalue weighted by atomic mass is 10.3. The molecule has 0 spiro atoms. The number of nitrogens with one attached hydrogen (secondary N) is 2. The molecule has 2 rings (SSSR count). The van der Waals surface area contributed by atoms with Crippen molar-refractivity contribution in [3.63, 3.8) is 0 Å². The van der Waals surface area contributed by atoms with Gasteiger partial charge in [0.2, 0.25) is 5.91 Å². The number of nitrogens with zero attached hydrogens (tertiary/aromatic N) is 1. The lowest BCUT2D eigenvalue weighted by Crippen LogP contribution is -2.33. The predicted molar refractivity (Wildman–Crippen MR) is 81.1 cm³/mol. The van der Waals surface area contributed by atoms with E-state index in [4.69, 9.17) is 16.6 Å². The highest BCUT2D eigenvalue weighted by molar-refractivity contribution is 7.80. The van der Waals surface area contributed by atoms with Crippen molar-refractivity contribution in [3.05, 3.63) is 54.1 Å². The number of pyridine rings is 1. The summed E-state index contributed by atoms with van der Waals surface area (Å²) in [6, 6.07) is 7.19. The highest BCUT2D eigenvalue weighted by atomic mass is 32.1. The number of anilines is 1. The minimum atomic E-state index is -0.341. The normalized spacial score (nSPS) is 10.4. The van der Waals surface area contributed by atoms with Crippen LogP contribution in [0.15, 0.2) is 47.2 Å². The molecule has 2 aromatic heterocycles. The third-order valence-electron chi connectivity index (χ3n) is 2.34. The van der Waals surface area contributed by atoms with Crippen LogP contribution in [0.2, 0.25) is 0 Å². The lowest BCUT2D eigenvalue weighted by Gasteiger charge is -2.07. The van der Waals surface area contributed by atoms with Gasteiger partial charge in [-0.15, -0.1) is 0 Å². The maximum Gasteiger partial charge on any atom is 0.250 e. The van der Waals surface area contributed by atoms with Crippen LogP contribution in [-0.2, 0) is 4.79 Å². The van der Waals surface area contributed by atoms with Gasteiger partial charge < -0.3 is 9.73 Å². The summed E-state index contributed by atoms with van der Waals surface area (Å²) in [5.74, 6) is 0.844. The fourth-order valence-electron chi connectivity index (χ4n) is 1.45. The molecule has 0 unspecified atom stereocenters. The summed E-state index contributed by atoms with van der Waals surface area (Å²) in [6.45, 7) is 1.95. The Bertz CT molecular complexity index is 636. The molecule has 0 aliphatic rings. The van der Waals surface area contributed by atoms with Gasteiger partial charge >= 0.3 is 0 Å². The Hall–Kier alpha value is -2.47. The Morgan fingerprint density at radius 1 is 1.45 bits per heavy atom. The van der Waals surface area contributed by atoms with Crippen molar-refractivity contribution < 1.29 is 9.21 Å². The molecule has 0 fully saturated rings. The number of carbonyl (C=O) groups excluding carboxylic acids is 1. The monoisotopic (exact) mass is 287 g/mol. The van der Waals surface area contributed by atoms with Crippen molar-refractivity contribution in [2.75, 3.05) is 5.32 Å². The summed E-state index contributed by atoms with van der Waals surface area (Å²) in [5, 5.41) is 5.55. The van der Waals surface area contributed by atoms with Gasteiger partial charge in [-0.2, -0.15) is 0 Å². The van der Waals surface area contributed by atoms with Crippen molar-refractivity contribution in [1.82, 2.24) is 10.3 Å². The van der Waals surface area contributed by atoms with E-state index in [2.05, 4.69) is 15.6 Å². The molecule has 0 atom stereocenters. The Morgan fingerprint density at radius 2 is 2.30 bits per heavy atom. The number of rotatable bonds is 3. The molecule has 0 bridgehead atoms. The summed E-state index contributed by atoms with van der Waals surface area (Å²) >= 11 is 5.03. The van der Waals surface area contributed by atoms with Crippen LogP contribution < -0.4 is 10.6 Å². The van der Waals surface area contributed by atoms with Crippen LogP contribution in [-0.4, -0.2) is 16.0 Å². The maximum atomic E-state index is 11.6. The Kier molecular flexibility index (Phi) is 4.62. The van der Waals surface area contributed by atoms with E-state index in [9.17, 15) is 4.79 Å². The molecular formula is C14H13N3O2S. The molecule has 0 saturated carbocycles. The van der Waals surface area contributed by atoms with E-state index >= 15 is 0 Å². The average molecular weight is 287 g/mol. The van der Waals surface area contributed by atoms with E-state index in [-0.39, 0.29) is 11.0 Å². The molecule has 2 N–H and O–H groups in total. The zero-order valence-electron chi connectivity index (χ0n) is 10.8. The first-order valence-electron chi connectivity index (χ1n) is 5.90. The van der Waals surface area contributed by atoms with Gasteiger partial charge in [-0.3, -0.25) is 10.1 Å². The zero-order valence-corrected chi connectivity index (χ0v) is 11.6. The van der Waals surface area contributed by atoms with Gasteiger partial charge in [0.1, 0.15) is 11.6 Å². The predicted octanol–water partition coefficient (Wildman–Crippen LogP) is 2.51. The first-order valence-corrected chi connectivity index (χ1v) is 6.30. The number of thiocarbonyl (C=S) groups is 1. The minimum Gasteiger partial charge on any atom is -0.465 e. The molecule has 2 heterocycles. The largest absolute Gasteiger partial charge is 0.465 e. The van der Waals surface area contributed by atoms with E-state index in [0.29, 0.717) is 11.6 Å². The Balaban J connectivity index is 1.86. The molecule has 0 aliphatic heterocycles. The van der Waals surface area contributed by atoms with Crippen LogP contribution in [0.4, 0.5) is 5.82 Å². The summed E-state index contributed by atoms with van der Waals surface area (Å²) in [7, 11) is 0. The van der Waals surface area contributed by atoms with E-state index in [1.54, 1.807) is 24.4 Å². The van der Waals surface area contributed by atoms with Crippen LogP contribution in [0.1, 0.15) is 11.3 Å². The van der Waals surface area contributed by atoms with Gasteiger partial charge in [-0.25, -0.2) is 4.98 Å². The average Bonchev–Trinajstić information content (AvgIpc) is 2.89. The van der Waals surface area contributed by atoms with Crippen molar-refractivity contribution in [2.24, 2.45) is 0 Å². The van der Waals surface area contributed by atoms with Gasteiger partial charge in [0, 0.05) is 12.3 Å². The zero-order chi connectivity index (χ0) is 14.4. The Morgan fingerprint density at radius 3 is 3.00 bits per heavy atom. The molecular weight excluding hydrogens is 274 g/mol. The van der Waals surface area contributed by atoms with Crippen LogP contribution in [0, 0.1) is 6.92 Å². The quantitative estimate of drug-likeness (QED) is 0.670. The van der Waals surface area contributed by atoms with Crippen molar-refractivity contribution >= 4 is 35.1 Å². The van der Waals surface area contributed by atoms with Crippen LogP contribution in [0.25, 0.3) is 6.08 Å². The molecule has 1 amide bonds. The van der Waals surface area contributed by atoms with Crippen molar-refractivity contribution in [3.8, 4) is 0 Å².